The van der Waals surface area contributed by atoms with Gasteiger partial charge in [0, 0.05) is 24.8 Å². The lowest BCUT2D eigenvalue weighted by Crippen LogP contribution is -2.34. The molecule has 1 aliphatic rings. The summed E-state index contributed by atoms with van der Waals surface area (Å²) in [5, 5.41) is 13.1. The Morgan fingerprint density at radius 2 is 1.81 bits per heavy atom. The van der Waals surface area contributed by atoms with E-state index >= 15 is 0 Å². The fraction of sp³-hybridized carbons (Fsp3) is 0.353. The molecule has 0 spiro atoms. The highest BCUT2D eigenvalue weighted by Crippen LogP contribution is 2.38. The smallest absolute Gasteiger partial charge is 0.394 e. The van der Waals surface area contributed by atoms with Crippen LogP contribution in [0.3, 0.4) is 0 Å². The van der Waals surface area contributed by atoms with Gasteiger partial charge in [-0.1, -0.05) is 0 Å². The van der Waals surface area contributed by atoms with Crippen molar-refractivity contribution in [2.75, 3.05) is 13.1 Å². The molecule has 1 aromatic heterocycles. The first-order valence-electron chi connectivity index (χ1n) is 7.99. The number of carbonyl (C=O) groups is 2. The van der Waals surface area contributed by atoms with Crippen LogP contribution in [0, 0.1) is 24.6 Å². The second-order valence-electron chi connectivity index (χ2n) is 6.38. The van der Waals surface area contributed by atoms with Gasteiger partial charge >= 0.3 is 12.1 Å². The molecule has 1 aromatic carbocycles. The van der Waals surface area contributed by atoms with Crippen LogP contribution in [0.15, 0.2) is 30.5 Å². The summed E-state index contributed by atoms with van der Waals surface area (Å²) < 4.78 is 53.6. The zero-order valence-electron chi connectivity index (χ0n) is 14.1. The van der Waals surface area contributed by atoms with Gasteiger partial charge in [0.25, 0.3) is 5.91 Å². The molecule has 10 heteroatoms. The highest BCUT2D eigenvalue weighted by atomic mass is 19.4. The average Bonchev–Trinajstić information content (AvgIpc) is 3.19. The highest BCUT2D eigenvalue weighted by Gasteiger charge is 2.53. The van der Waals surface area contributed by atoms with Crippen LogP contribution in [0.25, 0.3) is 5.69 Å². The molecular formula is C17H15F4N3O3. The lowest BCUT2D eigenvalue weighted by atomic mass is 9.96. The molecule has 0 unspecified atom stereocenters. The van der Waals surface area contributed by atoms with Crippen LogP contribution in [-0.4, -0.2) is 50.9 Å². The number of likely N-dealkylation sites (tertiary alicyclic amines) is 1. The van der Waals surface area contributed by atoms with Gasteiger partial charge in [-0.3, -0.25) is 9.59 Å². The summed E-state index contributed by atoms with van der Waals surface area (Å²) in [5.74, 6) is -6.66. The van der Waals surface area contributed by atoms with E-state index in [-0.39, 0.29) is 5.69 Å². The highest BCUT2D eigenvalue weighted by molar-refractivity contribution is 5.94. The number of nitrogens with zero attached hydrogens (tertiary/aromatic N) is 3. The second kappa shape index (κ2) is 6.67. The number of alkyl halides is 3. The lowest BCUT2D eigenvalue weighted by Gasteiger charge is -2.18. The molecule has 0 aliphatic carbocycles. The minimum atomic E-state index is -4.72. The fourth-order valence-electron chi connectivity index (χ4n) is 3.10. The number of carboxylic acid groups (broad SMARTS) is 1. The van der Waals surface area contributed by atoms with Crippen LogP contribution in [0.4, 0.5) is 17.6 Å². The Morgan fingerprint density at radius 1 is 1.19 bits per heavy atom. The number of hydrogen-bond donors (Lipinski definition) is 1. The number of rotatable bonds is 3. The van der Waals surface area contributed by atoms with Crippen LogP contribution in [0.1, 0.15) is 16.1 Å². The molecule has 0 saturated carbocycles. The topological polar surface area (TPSA) is 75.4 Å². The normalized spacial score (nSPS) is 20.1. The Balaban J connectivity index is 1.86. The van der Waals surface area contributed by atoms with E-state index in [1.807, 2.05) is 0 Å². The van der Waals surface area contributed by atoms with Gasteiger partial charge in [0.1, 0.15) is 5.82 Å². The molecule has 6 nitrogen and oxygen atoms in total. The second-order valence-corrected chi connectivity index (χ2v) is 6.38. The van der Waals surface area contributed by atoms with Crippen molar-refractivity contribution in [2.24, 2.45) is 11.8 Å². The molecule has 2 aromatic rings. The van der Waals surface area contributed by atoms with Crippen LogP contribution in [0.5, 0.6) is 0 Å². The quantitative estimate of drug-likeness (QED) is 0.825. The van der Waals surface area contributed by atoms with Gasteiger partial charge in [-0.2, -0.15) is 18.3 Å². The molecule has 0 radical (unpaired) electrons. The van der Waals surface area contributed by atoms with Gasteiger partial charge < -0.3 is 10.0 Å². The lowest BCUT2D eigenvalue weighted by molar-refractivity contribution is -0.187. The van der Waals surface area contributed by atoms with Crippen LogP contribution in [-0.2, 0) is 4.79 Å². The molecule has 1 N–H and O–H groups in total. The van der Waals surface area contributed by atoms with Crippen molar-refractivity contribution in [1.29, 1.82) is 0 Å². The molecule has 3 rings (SSSR count). The van der Waals surface area contributed by atoms with Crippen molar-refractivity contribution in [3.63, 3.8) is 0 Å². The Labute approximate surface area is 151 Å². The number of hydrogen-bond acceptors (Lipinski definition) is 3. The first-order chi connectivity index (χ1) is 12.6. The molecule has 1 aliphatic heterocycles. The minimum absolute atomic E-state index is 0.0775. The zero-order chi connectivity index (χ0) is 19.9. The number of benzene rings is 1. The Kier molecular flexibility index (Phi) is 4.66. The van der Waals surface area contributed by atoms with E-state index in [4.69, 9.17) is 5.11 Å². The molecule has 0 bridgehead atoms. The van der Waals surface area contributed by atoms with Crippen molar-refractivity contribution in [3.05, 3.63) is 47.5 Å². The molecule has 144 valence electrons. The van der Waals surface area contributed by atoms with E-state index in [2.05, 4.69) is 5.10 Å². The Bertz CT molecular complexity index is 877. The van der Waals surface area contributed by atoms with Gasteiger partial charge in [0.2, 0.25) is 0 Å². The third-order valence-electron chi connectivity index (χ3n) is 4.54. The molecule has 1 amide bonds. The predicted molar refractivity (Wildman–Crippen MR) is 84.8 cm³/mol. The molecular weight excluding hydrogens is 370 g/mol. The largest absolute Gasteiger partial charge is 0.481 e. The molecule has 1 fully saturated rings. The van der Waals surface area contributed by atoms with E-state index in [0.717, 1.165) is 4.90 Å². The third kappa shape index (κ3) is 3.64. The van der Waals surface area contributed by atoms with Crippen LogP contribution >= 0.6 is 0 Å². The van der Waals surface area contributed by atoms with Crippen LogP contribution < -0.4 is 0 Å². The fourth-order valence-corrected chi connectivity index (χ4v) is 3.10. The van der Waals surface area contributed by atoms with Crippen LogP contribution in [0.2, 0.25) is 0 Å². The number of carbonyl (C=O) groups excluding carboxylic acids is 1. The van der Waals surface area contributed by atoms with E-state index < -0.39 is 48.8 Å². The van der Waals surface area contributed by atoms with Crippen molar-refractivity contribution in [3.8, 4) is 5.69 Å². The monoisotopic (exact) mass is 385 g/mol. The number of aromatic nitrogens is 2. The Hall–Kier alpha value is -2.91. The zero-order valence-corrected chi connectivity index (χ0v) is 14.1. The van der Waals surface area contributed by atoms with Gasteiger partial charge in [-0.05, 0) is 31.2 Å². The number of aryl methyl sites for hydroxylation is 1. The van der Waals surface area contributed by atoms with Crippen molar-refractivity contribution in [2.45, 2.75) is 13.1 Å². The molecule has 27 heavy (non-hydrogen) atoms. The first kappa shape index (κ1) is 18.9. The molecule has 1 saturated heterocycles. The van der Waals surface area contributed by atoms with Crippen molar-refractivity contribution >= 4 is 11.9 Å². The minimum Gasteiger partial charge on any atom is -0.481 e. The predicted octanol–water partition coefficient (Wildman–Crippen LogP) is 2.65. The summed E-state index contributed by atoms with van der Waals surface area (Å²) in [5.41, 5.74) is 0.800. The number of aliphatic carboxylic acids is 1. The summed E-state index contributed by atoms with van der Waals surface area (Å²) in [6, 6.07) is 5.29. The number of carboxylic acids is 1. The van der Waals surface area contributed by atoms with E-state index in [1.54, 1.807) is 6.92 Å². The number of amides is 1. The van der Waals surface area contributed by atoms with Gasteiger partial charge in [0.15, 0.2) is 5.69 Å². The third-order valence-corrected chi connectivity index (χ3v) is 4.54. The first-order valence-corrected chi connectivity index (χ1v) is 7.99. The SMILES string of the molecule is Cc1cn(-c2ccc(F)cc2)nc1C(=O)N1C[C@@H](C(F)(F)F)[C@H](C(=O)O)C1. The van der Waals surface area contributed by atoms with E-state index in [0.29, 0.717) is 11.3 Å². The van der Waals surface area contributed by atoms with E-state index in [1.165, 1.54) is 35.1 Å². The van der Waals surface area contributed by atoms with Gasteiger partial charge in [-0.25, -0.2) is 9.07 Å². The van der Waals surface area contributed by atoms with E-state index in [9.17, 15) is 27.2 Å². The summed E-state index contributed by atoms with van der Waals surface area (Å²) in [4.78, 5) is 24.7. The van der Waals surface area contributed by atoms with Gasteiger partial charge in [0.05, 0.1) is 17.5 Å². The average molecular weight is 385 g/mol. The maximum absolute atomic E-state index is 13.1. The molecule has 2 heterocycles. The summed E-state index contributed by atoms with van der Waals surface area (Å²) in [6.07, 6.45) is -3.23. The standard InChI is InChI=1S/C17H15F4N3O3/c1-9-6-24(11-4-2-10(18)3-5-11)22-14(9)15(25)23-7-12(16(26)27)13(8-23)17(19,20)21/h2-6,12-13H,7-8H2,1H3,(H,26,27)/t12-,13-/m1/s1. The van der Waals surface area contributed by atoms with Gasteiger partial charge in [-0.15, -0.1) is 0 Å². The van der Waals surface area contributed by atoms with Crippen molar-refractivity contribution in [1.82, 2.24) is 14.7 Å². The maximum Gasteiger partial charge on any atom is 0.394 e. The molecule has 2 atom stereocenters. The summed E-state index contributed by atoms with van der Waals surface area (Å²) in [7, 11) is 0. The summed E-state index contributed by atoms with van der Waals surface area (Å²) >= 11 is 0. The number of halogens is 4. The van der Waals surface area contributed by atoms with Crippen molar-refractivity contribution < 1.29 is 32.3 Å². The Morgan fingerprint density at radius 3 is 2.33 bits per heavy atom. The maximum atomic E-state index is 13.1. The summed E-state index contributed by atoms with van der Waals surface area (Å²) in [6.45, 7) is 0.287.